The van der Waals surface area contributed by atoms with Crippen LogP contribution in [0.1, 0.15) is 32.6 Å². The van der Waals surface area contributed by atoms with Gasteiger partial charge in [-0.1, -0.05) is 94.0 Å². The van der Waals surface area contributed by atoms with Gasteiger partial charge in [0.05, 0.1) is 1.93 Å². The Bertz CT molecular complexity index is 73.3. The summed E-state index contributed by atoms with van der Waals surface area (Å²) in [5.74, 6) is 0. The van der Waals surface area contributed by atoms with Crippen molar-refractivity contribution < 1.29 is 0 Å². The molecular weight excluding hydrogens is 465 g/mol. The van der Waals surface area contributed by atoms with Crippen LogP contribution < -0.4 is 0 Å². The van der Waals surface area contributed by atoms with Crippen molar-refractivity contribution in [2.24, 2.45) is 0 Å². The molecular formula is C7H13I3. The van der Waals surface area contributed by atoms with Crippen LogP contribution in [0.25, 0.3) is 0 Å². The smallest absolute Gasteiger partial charge is 0.0743 e. The maximum atomic E-state index is 2.56. The first-order chi connectivity index (χ1) is 4.68. The van der Waals surface area contributed by atoms with Crippen LogP contribution >= 0.6 is 67.8 Å². The SMILES string of the molecule is CCCCCC(I)C(I)I. The van der Waals surface area contributed by atoms with Crippen molar-refractivity contribution in [2.45, 2.75) is 38.5 Å². The van der Waals surface area contributed by atoms with Crippen molar-refractivity contribution in [3.05, 3.63) is 0 Å². The van der Waals surface area contributed by atoms with Crippen LogP contribution in [-0.2, 0) is 0 Å². The molecule has 0 saturated heterocycles. The van der Waals surface area contributed by atoms with Gasteiger partial charge in [0, 0.05) is 3.92 Å². The minimum absolute atomic E-state index is 0.799. The minimum atomic E-state index is 0.799. The fourth-order valence-electron chi connectivity index (χ4n) is 0.715. The maximum Gasteiger partial charge on any atom is 0.0743 e. The third kappa shape index (κ3) is 6.87. The van der Waals surface area contributed by atoms with Crippen LogP contribution in [0.5, 0.6) is 0 Å². The molecule has 0 amide bonds. The van der Waals surface area contributed by atoms with E-state index in [4.69, 9.17) is 0 Å². The number of hydrogen-bond acceptors (Lipinski definition) is 0. The number of halogens is 3. The Hall–Kier alpha value is 2.19. The molecule has 0 aromatic rings. The van der Waals surface area contributed by atoms with Crippen molar-refractivity contribution in [1.29, 1.82) is 0 Å². The molecule has 0 N–H and O–H groups in total. The molecule has 10 heavy (non-hydrogen) atoms. The normalized spacial score (nSPS) is 14.1. The van der Waals surface area contributed by atoms with Gasteiger partial charge >= 0.3 is 0 Å². The number of alkyl halides is 3. The van der Waals surface area contributed by atoms with Crippen molar-refractivity contribution in [2.75, 3.05) is 0 Å². The molecule has 0 spiro atoms. The number of hydrogen-bond donors (Lipinski definition) is 0. The predicted molar refractivity (Wildman–Crippen MR) is 73.8 cm³/mol. The summed E-state index contributed by atoms with van der Waals surface area (Å²) in [6.45, 7) is 2.26. The maximum absolute atomic E-state index is 2.56. The van der Waals surface area contributed by atoms with E-state index >= 15 is 0 Å². The summed E-state index contributed by atoms with van der Waals surface area (Å²) in [5, 5.41) is 0. The molecule has 0 rings (SSSR count). The summed E-state index contributed by atoms with van der Waals surface area (Å²) < 4.78 is 1.66. The van der Waals surface area contributed by atoms with Gasteiger partial charge < -0.3 is 0 Å². The van der Waals surface area contributed by atoms with Crippen molar-refractivity contribution in [1.82, 2.24) is 0 Å². The van der Waals surface area contributed by atoms with Gasteiger partial charge in [-0.25, -0.2) is 0 Å². The molecule has 0 saturated carbocycles. The van der Waals surface area contributed by atoms with Crippen molar-refractivity contribution in [3.8, 4) is 0 Å². The fraction of sp³-hybridized carbons (Fsp3) is 1.00. The van der Waals surface area contributed by atoms with E-state index in [1.807, 2.05) is 0 Å². The van der Waals surface area contributed by atoms with Crippen LogP contribution in [0.2, 0.25) is 0 Å². The molecule has 0 bridgehead atoms. The summed E-state index contributed by atoms with van der Waals surface area (Å²) in [6.07, 6.45) is 5.55. The lowest BCUT2D eigenvalue weighted by Gasteiger charge is -2.09. The van der Waals surface area contributed by atoms with Crippen LogP contribution in [-0.4, -0.2) is 5.86 Å². The number of unbranched alkanes of at least 4 members (excludes halogenated alkanes) is 2. The van der Waals surface area contributed by atoms with Crippen LogP contribution in [0, 0.1) is 0 Å². The van der Waals surface area contributed by atoms with Gasteiger partial charge in [-0.3, -0.25) is 0 Å². The topological polar surface area (TPSA) is 0 Å². The Labute approximate surface area is 105 Å². The molecule has 0 aliphatic rings. The van der Waals surface area contributed by atoms with E-state index in [9.17, 15) is 0 Å². The monoisotopic (exact) mass is 478 g/mol. The largest absolute Gasteiger partial charge is 0.0806 e. The lowest BCUT2D eigenvalue weighted by Crippen LogP contribution is -2.05. The Morgan fingerprint density at radius 2 is 1.70 bits per heavy atom. The molecule has 0 aliphatic heterocycles. The average molecular weight is 478 g/mol. The molecule has 3 heteroatoms. The Kier molecular flexibility index (Phi) is 9.53. The van der Waals surface area contributed by atoms with E-state index in [0.717, 1.165) is 5.86 Å². The molecule has 0 heterocycles. The number of rotatable bonds is 5. The summed E-state index contributed by atoms with van der Waals surface area (Å²) in [6, 6.07) is 0. The summed E-state index contributed by atoms with van der Waals surface area (Å²) in [7, 11) is 0. The molecule has 0 aliphatic carbocycles. The fourth-order valence-corrected chi connectivity index (χ4v) is 1.87. The standard InChI is InChI=1S/C7H13I3/c1-2-3-4-5-6(8)7(9)10/h6-7H,2-5H2,1H3. The van der Waals surface area contributed by atoms with E-state index < -0.39 is 0 Å². The highest BCUT2D eigenvalue weighted by molar-refractivity contribution is 14.2. The van der Waals surface area contributed by atoms with Crippen LogP contribution in [0.3, 0.4) is 0 Å². The predicted octanol–water partition coefficient (Wildman–Crippen LogP) is 4.57. The first kappa shape index (κ1) is 12.2. The minimum Gasteiger partial charge on any atom is -0.0806 e. The van der Waals surface area contributed by atoms with Crippen molar-refractivity contribution >= 4 is 67.8 Å². The molecule has 0 aromatic heterocycles. The second-order valence-corrected chi connectivity index (χ2v) is 9.01. The summed E-state index contributed by atoms with van der Waals surface area (Å²) in [5.41, 5.74) is 0. The summed E-state index contributed by atoms with van der Waals surface area (Å²) in [4.78, 5) is 0. The Balaban J connectivity index is 3.13. The zero-order valence-electron chi connectivity index (χ0n) is 6.12. The van der Waals surface area contributed by atoms with E-state index in [-0.39, 0.29) is 0 Å². The van der Waals surface area contributed by atoms with E-state index in [2.05, 4.69) is 74.7 Å². The Morgan fingerprint density at radius 3 is 2.10 bits per heavy atom. The third-order valence-electron chi connectivity index (χ3n) is 1.36. The van der Waals surface area contributed by atoms with E-state index in [1.165, 1.54) is 25.7 Å². The zero-order valence-corrected chi connectivity index (χ0v) is 12.6. The molecule has 0 aromatic carbocycles. The van der Waals surface area contributed by atoms with Crippen LogP contribution in [0.4, 0.5) is 0 Å². The molecule has 0 radical (unpaired) electrons. The molecule has 1 atom stereocenters. The quantitative estimate of drug-likeness (QED) is 0.309. The molecule has 1 unspecified atom stereocenters. The Morgan fingerprint density at radius 1 is 1.10 bits per heavy atom. The van der Waals surface area contributed by atoms with Gasteiger partial charge in [0.2, 0.25) is 0 Å². The second-order valence-electron chi connectivity index (χ2n) is 2.35. The van der Waals surface area contributed by atoms with Crippen molar-refractivity contribution in [3.63, 3.8) is 0 Å². The van der Waals surface area contributed by atoms with Gasteiger partial charge in [-0.15, -0.1) is 0 Å². The third-order valence-corrected chi connectivity index (χ3v) is 7.19. The zero-order chi connectivity index (χ0) is 7.98. The molecule has 62 valence electrons. The van der Waals surface area contributed by atoms with E-state index in [0.29, 0.717) is 0 Å². The lowest BCUT2D eigenvalue weighted by molar-refractivity contribution is 0.675. The molecule has 0 fully saturated rings. The first-order valence-electron chi connectivity index (χ1n) is 3.60. The van der Waals surface area contributed by atoms with Gasteiger partial charge in [0.25, 0.3) is 0 Å². The van der Waals surface area contributed by atoms with Crippen LogP contribution in [0.15, 0.2) is 0 Å². The summed E-state index contributed by atoms with van der Waals surface area (Å²) >= 11 is 7.55. The highest BCUT2D eigenvalue weighted by Crippen LogP contribution is 2.25. The van der Waals surface area contributed by atoms with E-state index in [1.54, 1.807) is 0 Å². The average Bonchev–Trinajstić information content (AvgIpc) is 1.88. The van der Waals surface area contributed by atoms with Gasteiger partial charge in [0.15, 0.2) is 0 Å². The second kappa shape index (κ2) is 7.82. The highest BCUT2D eigenvalue weighted by Gasteiger charge is 2.10. The molecule has 0 nitrogen and oxygen atoms in total. The lowest BCUT2D eigenvalue weighted by atomic mass is 10.2. The van der Waals surface area contributed by atoms with Gasteiger partial charge in [-0.05, 0) is 6.42 Å². The van der Waals surface area contributed by atoms with Gasteiger partial charge in [0.1, 0.15) is 0 Å². The highest BCUT2D eigenvalue weighted by atomic mass is 127. The van der Waals surface area contributed by atoms with Gasteiger partial charge in [-0.2, -0.15) is 0 Å². The first-order valence-corrected chi connectivity index (χ1v) is 7.34.